The third-order valence-electron chi connectivity index (χ3n) is 6.91. The van der Waals surface area contributed by atoms with Gasteiger partial charge < -0.3 is 17.0 Å². The van der Waals surface area contributed by atoms with Crippen LogP contribution in [0.15, 0.2) is 121 Å². The number of rotatable bonds is 4. The number of hydrogen-bond acceptors (Lipinski definition) is 4. The van der Waals surface area contributed by atoms with Gasteiger partial charge in [0.15, 0.2) is 0 Å². The van der Waals surface area contributed by atoms with Gasteiger partial charge in [0.25, 0.3) is 17.0 Å². The molecule has 4 aromatic carbocycles. The molecule has 4 aromatic rings. The fraction of sp³-hybridized carbons (Fsp3) is 0.143. The summed E-state index contributed by atoms with van der Waals surface area (Å²) in [5.41, 5.74) is 0. The molecule has 5 rings (SSSR count). The molecule has 36 heavy (non-hydrogen) atoms. The van der Waals surface area contributed by atoms with Crippen molar-refractivity contribution < 1.29 is 12.3 Å². The molecule has 0 radical (unpaired) electrons. The van der Waals surface area contributed by atoms with E-state index in [1.165, 1.54) is 10.4 Å². The number of benzene rings is 4. The minimum Gasteiger partial charge on any atom is -0.418 e. The topological polar surface area (TPSA) is 39.7 Å². The molecule has 184 valence electrons. The fourth-order valence-corrected chi connectivity index (χ4v) is 27.7. The largest absolute Gasteiger partial charge is 0.418 e. The second kappa shape index (κ2) is 9.80. The van der Waals surface area contributed by atoms with E-state index < -0.39 is 34.1 Å². The van der Waals surface area contributed by atoms with E-state index in [1.54, 1.807) is 0 Å². The van der Waals surface area contributed by atoms with Crippen molar-refractivity contribution in [2.24, 2.45) is 0 Å². The summed E-state index contributed by atoms with van der Waals surface area (Å²) in [5, 5.41) is 4.60. The molecule has 0 spiro atoms. The van der Waals surface area contributed by atoms with Gasteiger partial charge >= 0.3 is 17.1 Å². The van der Waals surface area contributed by atoms with Crippen molar-refractivity contribution in [1.29, 1.82) is 0 Å². The standard InChI is InChI=1S/C28H33NO3Si4/c1-33(25-17-9-5-10-18-25)29-34(2,26-19-11-6-12-20-26)31-36(4,28-23-15-8-16-24-28)32-35(3,30-33)27-21-13-7-14-22-27/h5-24,29H,1-4H3. The maximum Gasteiger partial charge on any atom is 0.351 e. The minimum absolute atomic E-state index is 1.12. The van der Waals surface area contributed by atoms with Gasteiger partial charge in [-0.2, -0.15) is 0 Å². The Morgan fingerprint density at radius 3 is 0.972 bits per heavy atom. The van der Waals surface area contributed by atoms with E-state index in [0.717, 1.165) is 10.4 Å². The zero-order valence-electron chi connectivity index (χ0n) is 21.3. The molecule has 0 amide bonds. The highest BCUT2D eigenvalue weighted by Crippen LogP contribution is 2.27. The van der Waals surface area contributed by atoms with E-state index >= 15 is 0 Å². The van der Waals surface area contributed by atoms with Crippen LogP contribution in [0.1, 0.15) is 0 Å². The van der Waals surface area contributed by atoms with Gasteiger partial charge in [0, 0.05) is 0 Å². The molecular formula is C28H33NO3Si4. The van der Waals surface area contributed by atoms with E-state index in [9.17, 15) is 0 Å². The van der Waals surface area contributed by atoms with Gasteiger partial charge in [-0.25, -0.2) is 0 Å². The SMILES string of the molecule is C[Si]1(c2ccccc2)N[Si](C)(c2ccccc2)O[Si](C)(c2ccccc2)O[Si](C)(c2ccccc2)O1. The van der Waals surface area contributed by atoms with Crippen molar-refractivity contribution in [3.8, 4) is 0 Å². The predicted molar refractivity (Wildman–Crippen MR) is 157 cm³/mol. The molecule has 0 aliphatic carbocycles. The zero-order valence-corrected chi connectivity index (χ0v) is 25.3. The molecule has 1 heterocycles. The lowest BCUT2D eigenvalue weighted by atomic mass is 10.4. The fourth-order valence-electron chi connectivity index (χ4n) is 5.19. The van der Waals surface area contributed by atoms with Crippen LogP contribution in [-0.4, -0.2) is 34.1 Å². The third-order valence-corrected chi connectivity index (χ3v) is 25.9. The van der Waals surface area contributed by atoms with Crippen LogP contribution in [0.3, 0.4) is 0 Å². The van der Waals surface area contributed by atoms with Gasteiger partial charge in [0.1, 0.15) is 0 Å². The summed E-state index contributed by atoms with van der Waals surface area (Å²) >= 11 is 0. The highest BCUT2D eigenvalue weighted by molar-refractivity contribution is 7.08. The van der Waals surface area contributed by atoms with Gasteiger partial charge in [0.05, 0.1) is 0 Å². The van der Waals surface area contributed by atoms with Gasteiger partial charge in [-0.1, -0.05) is 121 Å². The van der Waals surface area contributed by atoms with Crippen LogP contribution in [-0.2, 0) is 12.3 Å². The number of hydrogen-bond donors (Lipinski definition) is 1. The first-order chi connectivity index (χ1) is 17.2. The second-order valence-corrected chi connectivity index (χ2v) is 23.5. The number of nitrogens with one attached hydrogen (secondary N) is 1. The smallest absolute Gasteiger partial charge is 0.351 e. The molecule has 1 N–H and O–H groups in total. The van der Waals surface area contributed by atoms with E-state index in [0.29, 0.717) is 0 Å². The molecule has 0 bridgehead atoms. The Labute approximate surface area is 218 Å². The lowest BCUT2D eigenvalue weighted by Crippen LogP contribution is -2.83. The van der Waals surface area contributed by atoms with E-state index in [2.05, 4.69) is 140 Å². The quantitative estimate of drug-likeness (QED) is 0.400. The van der Waals surface area contributed by atoms with Crippen LogP contribution in [0.5, 0.6) is 0 Å². The second-order valence-electron chi connectivity index (χ2n) is 9.85. The van der Waals surface area contributed by atoms with Crippen molar-refractivity contribution in [2.75, 3.05) is 0 Å². The Kier molecular flexibility index (Phi) is 6.88. The minimum atomic E-state index is -2.94. The molecule has 1 aliphatic rings. The third kappa shape index (κ3) is 4.91. The molecule has 0 saturated carbocycles. The van der Waals surface area contributed by atoms with Crippen molar-refractivity contribution >= 4 is 54.8 Å². The normalized spacial score (nSPS) is 30.8. The van der Waals surface area contributed by atoms with Crippen molar-refractivity contribution in [1.82, 2.24) is 4.65 Å². The first-order valence-electron chi connectivity index (χ1n) is 12.4. The van der Waals surface area contributed by atoms with Crippen LogP contribution in [0.2, 0.25) is 26.2 Å². The average Bonchev–Trinajstić information content (AvgIpc) is 2.90. The summed E-state index contributed by atoms with van der Waals surface area (Å²) in [6, 6.07) is 42.1. The van der Waals surface area contributed by atoms with Gasteiger partial charge in [-0.15, -0.1) is 0 Å². The Morgan fingerprint density at radius 1 is 0.389 bits per heavy atom. The van der Waals surface area contributed by atoms with Gasteiger partial charge in [-0.3, -0.25) is 0 Å². The average molecular weight is 544 g/mol. The van der Waals surface area contributed by atoms with Crippen LogP contribution in [0.25, 0.3) is 0 Å². The molecule has 4 unspecified atom stereocenters. The highest BCUT2D eigenvalue weighted by Gasteiger charge is 2.58. The maximum atomic E-state index is 7.41. The predicted octanol–water partition coefficient (Wildman–Crippen LogP) is 3.56. The molecule has 8 heteroatoms. The molecule has 1 saturated heterocycles. The van der Waals surface area contributed by atoms with Crippen molar-refractivity contribution in [2.45, 2.75) is 26.2 Å². The molecular weight excluding hydrogens is 511 g/mol. The Morgan fingerprint density at radius 2 is 0.667 bits per heavy atom. The summed E-state index contributed by atoms with van der Waals surface area (Å²) in [5.74, 6) is 0. The van der Waals surface area contributed by atoms with E-state index in [1.807, 2.05) is 12.1 Å². The molecule has 0 aromatic heterocycles. The van der Waals surface area contributed by atoms with Crippen LogP contribution < -0.4 is 25.4 Å². The summed E-state index contributed by atoms with van der Waals surface area (Å²) in [4.78, 5) is 0. The first kappa shape index (κ1) is 25.2. The van der Waals surface area contributed by atoms with Crippen LogP contribution in [0, 0.1) is 0 Å². The van der Waals surface area contributed by atoms with E-state index in [4.69, 9.17) is 12.3 Å². The Bertz CT molecular complexity index is 1080. The lowest BCUT2D eigenvalue weighted by Gasteiger charge is -2.51. The summed E-state index contributed by atoms with van der Waals surface area (Å²) in [6.45, 7) is 8.87. The molecule has 1 fully saturated rings. The van der Waals surface area contributed by atoms with Gasteiger partial charge in [-0.05, 0) is 46.9 Å². The highest BCUT2D eigenvalue weighted by atomic mass is 28.5. The van der Waals surface area contributed by atoms with Crippen LogP contribution >= 0.6 is 0 Å². The zero-order chi connectivity index (χ0) is 25.3. The summed E-state index contributed by atoms with van der Waals surface area (Å²) in [6.07, 6.45) is 0. The Hall–Kier alpha value is -2.41. The lowest BCUT2D eigenvalue weighted by molar-refractivity contribution is 0.327. The molecule has 4 atom stereocenters. The van der Waals surface area contributed by atoms with Crippen molar-refractivity contribution in [3.63, 3.8) is 0 Å². The summed E-state index contributed by atoms with van der Waals surface area (Å²) < 4.78 is 26.3. The molecule has 4 nitrogen and oxygen atoms in total. The molecule has 1 aliphatic heterocycles. The van der Waals surface area contributed by atoms with Crippen molar-refractivity contribution in [3.05, 3.63) is 121 Å². The van der Waals surface area contributed by atoms with E-state index in [-0.39, 0.29) is 0 Å². The monoisotopic (exact) mass is 543 g/mol. The summed E-state index contributed by atoms with van der Waals surface area (Å²) in [7, 11) is -11.4. The van der Waals surface area contributed by atoms with Gasteiger partial charge in [0.2, 0.25) is 0 Å². The first-order valence-corrected chi connectivity index (χ1v) is 21.8. The Balaban J connectivity index is 1.73. The maximum absolute atomic E-state index is 7.41. The van der Waals surface area contributed by atoms with Crippen LogP contribution in [0.4, 0.5) is 0 Å².